The van der Waals surface area contributed by atoms with E-state index in [1.165, 1.54) is 0 Å². The Morgan fingerprint density at radius 3 is 2.38 bits per heavy atom. The Morgan fingerprint density at radius 1 is 1.31 bits per heavy atom. The summed E-state index contributed by atoms with van der Waals surface area (Å²) in [7, 11) is 0. The predicted octanol–water partition coefficient (Wildman–Crippen LogP) is 0.0638. The molecule has 2 aliphatic rings. The number of amides is 1. The highest BCUT2D eigenvalue weighted by atomic mass is 16.5. The highest BCUT2D eigenvalue weighted by molar-refractivity contribution is 6.32. The number of esters is 1. The van der Waals surface area contributed by atoms with Gasteiger partial charge in [0.15, 0.2) is 0 Å². The van der Waals surface area contributed by atoms with Crippen molar-refractivity contribution in [3.05, 3.63) is 0 Å². The van der Waals surface area contributed by atoms with Crippen LogP contribution in [0.2, 0.25) is 0 Å². The van der Waals surface area contributed by atoms with Gasteiger partial charge in [-0.1, -0.05) is 0 Å². The summed E-state index contributed by atoms with van der Waals surface area (Å²) in [5, 5.41) is 9.58. The lowest BCUT2D eigenvalue weighted by Crippen LogP contribution is -2.50. The molecule has 2 aliphatic heterocycles. The monoisotopic (exact) mass is 227 g/mol. The lowest BCUT2D eigenvalue weighted by atomic mass is 10.00. The molecule has 0 saturated carbocycles. The average Bonchev–Trinajstić information content (AvgIpc) is 2.50. The summed E-state index contributed by atoms with van der Waals surface area (Å²) in [5.41, 5.74) is 0. The molecular weight excluding hydrogens is 210 g/mol. The Balaban J connectivity index is 2.05. The van der Waals surface area contributed by atoms with Crippen LogP contribution in [0.15, 0.2) is 0 Å². The zero-order valence-electron chi connectivity index (χ0n) is 9.39. The van der Waals surface area contributed by atoms with Crippen molar-refractivity contribution < 1.29 is 19.4 Å². The minimum atomic E-state index is -0.768. The van der Waals surface area contributed by atoms with E-state index in [1.807, 2.05) is 0 Å². The van der Waals surface area contributed by atoms with Gasteiger partial charge < -0.3 is 14.7 Å². The molecule has 16 heavy (non-hydrogen) atoms. The van der Waals surface area contributed by atoms with Gasteiger partial charge in [-0.3, -0.25) is 4.79 Å². The first kappa shape index (κ1) is 11.4. The molecule has 2 heterocycles. The fraction of sp³-hybridized carbons (Fsp3) is 0.818. The van der Waals surface area contributed by atoms with E-state index in [2.05, 4.69) is 0 Å². The van der Waals surface area contributed by atoms with Crippen LogP contribution >= 0.6 is 0 Å². The fourth-order valence-corrected chi connectivity index (χ4v) is 2.78. The molecule has 0 aromatic heterocycles. The van der Waals surface area contributed by atoms with Gasteiger partial charge in [0.05, 0.1) is 12.7 Å². The molecule has 90 valence electrons. The maximum absolute atomic E-state index is 11.8. The van der Waals surface area contributed by atoms with Crippen molar-refractivity contribution in [1.82, 2.24) is 4.90 Å². The molecule has 2 bridgehead atoms. The van der Waals surface area contributed by atoms with Gasteiger partial charge in [-0.15, -0.1) is 0 Å². The van der Waals surface area contributed by atoms with E-state index >= 15 is 0 Å². The molecule has 1 N–H and O–H groups in total. The summed E-state index contributed by atoms with van der Waals surface area (Å²) in [6, 6.07) is 0.0383. The van der Waals surface area contributed by atoms with Gasteiger partial charge in [0.2, 0.25) is 0 Å². The van der Waals surface area contributed by atoms with Crippen molar-refractivity contribution in [2.24, 2.45) is 0 Å². The third-order valence-corrected chi connectivity index (χ3v) is 3.39. The Kier molecular flexibility index (Phi) is 3.14. The number of nitrogens with zero attached hydrogens (tertiary/aromatic N) is 1. The van der Waals surface area contributed by atoms with E-state index in [-0.39, 0.29) is 24.8 Å². The molecule has 2 fully saturated rings. The van der Waals surface area contributed by atoms with E-state index in [4.69, 9.17) is 4.74 Å². The van der Waals surface area contributed by atoms with Gasteiger partial charge in [0.1, 0.15) is 0 Å². The summed E-state index contributed by atoms with van der Waals surface area (Å²) in [6.07, 6.45) is 2.60. The molecule has 0 aromatic carbocycles. The summed E-state index contributed by atoms with van der Waals surface area (Å²) >= 11 is 0. The van der Waals surface area contributed by atoms with Crippen molar-refractivity contribution in [3.8, 4) is 0 Å². The minimum absolute atomic E-state index is 0.0191. The number of carbonyl (C=O) groups excluding carboxylic acids is 2. The zero-order chi connectivity index (χ0) is 11.7. The van der Waals surface area contributed by atoms with Crippen LogP contribution in [0.4, 0.5) is 0 Å². The topological polar surface area (TPSA) is 66.8 Å². The Labute approximate surface area is 94.4 Å². The van der Waals surface area contributed by atoms with Gasteiger partial charge >= 0.3 is 11.9 Å². The van der Waals surface area contributed by atoms with Gasteiger partial charge in [0.25, 0.3) is 0 Å². The van der Waals surface area contributed by atoms with Crippen LogP contribution in [-0.2, 0) is 14.3 Å². The molecule has 2 rings (SSSR count). The van der Waals surface area contributed by atoms with E-state index < -0.39 is 11.9 Å². The first-order chi connectivity index (χ1) is 7.63. The lowest BCUT2D eigenvalue weighted by Gasteiger charge is -2.36. The van der Waals surface area contributed by atoms with E-state index in [1.54, 1.807) is 11.8 Å². The minimum Gasteiger partial charge on any atom is -0.459 e. The van der Waals surface area contributed by atoms with Crippen LogP contribution in [0.1, 0.15) is 32.6 Å². The highest BCUT2D eigenvalue weighted by Crippen LogP contribution is 2.35. The number of fused-ring (bicyclic) bond motifs is 2. The molecular formula is C11H17NO4. The third kappa shape index (κ3) is 1.91. The van der Waals surface area contributed by atoms with E-state index in [0.717, 1.165) is 12.8 Å². The van der Waals surface area contributed by atoms with Gasteiger partial charge in [-0.05, 0) is 32.6 Å². The van der Waals surface area contributed by atoms with Crippen molar-refractivity contribution in [2.45, 2.75) is 50.8 Å². The first-order valence-electron chi connectivity index (χ1n) is 5.81. The summed E-state index contributed by atoms with van der Waals surface area (Å²) < 4.78 is 4.72. The van der Waals surface area contributed by atoms with Crippen LogP contribution in [0.3, 0.4) is 0 Å². The number of piperidine rings is 1. The SMILES string of the molecule is CCOC(=O)C(=O)N1C2CCC1CC(O)C2. The number of aliphatic hydroxyl groups excluding tert-OH is 1. The number of hydrogen-bond acceptors (Lipinski definition) is 4. The Morgan fingerprint density at radius 2 is 1.88 bits per heavy atom. The molecule has 0 aliphatic carbocycles. The van der Waals surface area contributed by atoms with Crippen molar-refractivity contribution in [3.63, 3.8) is 0 Å². The zero-order valence-corrected chi connectivity index (χ0v) is 9.39. The lowest BCUT2D eigenvalue weighted by molar-refractivity contribution is -0.163. The van der Waals surface area contributed by atoms with Crippen LogP contribution in [0.5, 0.6) is 0 Å². The van der Waals surface area contributed by atoms with Crippen LogP contribution in [-0.4, -0.2) is 46.7 Å². The molecule has 0 radical (unpaired) electrons. The highest BCUT2D eigenvalue weighted by Gasteiger charge is 2.44. The molecule has 2 unspecified atom stereocenters. The summed E-state index contributed by atoms with van der Waals surface area (Å²) in [4.78, 5) is 24.8. The van der Waals surface area contributed by atoms with Gasteiger partial charge in [-0.2, -0.15) is 0 Å². The molecule has 1 amide bonds. The molecule has 0 spiro atoms. The van der Waals surface area contributed by atoms with Crippen molar-refractivity contribution in [2.75, 3.05) is 6.61 Å². The number of aliphatic hydroxyl groups is 1. The summed E-state index contributed by atoms with van der Waals surface area (Å²) in [6.45, 7) is 1.90. The smallest absolute Gasteiger partial charge is 0.397 e. The van der Waals surface area contributed by atoms with Crippen LogP contribution < -0.4 is 0 Å². The summed E-state index contributed by atoms with van der Waals surface area (Å²) in [5.74, 6) is -1.31. The normalized spacial score (nSPS) is 32.6. The van der Waals surface area contributed by atoms with Crippen molar-refractivity contribution >= 4 is 11.9 Å². The van der Waals surface area contributed by atoms with E-state index in [9.17, 15) is 14.7 Å². The fourth-order valence-electron chi connectivity index (χ4n) is 2.78. The van der Waals surface area contributed by atoms with Crippen LogP contribution in [0, 0.1) is 0 Å². The predicted molar refractivity (Wildman–Crippen MR) is 55.5 cm³/mol. The quantitative estimate of drug-likeness (QED) is 0.508. The van der Waals surface area contributed by atoms with Crippen molar-refractivity contribution in [1.29, 1.82) is 0 Å². The standard InChI is InChI=1S/C11H17NO4/c1-2-16-11(15)10(14)12-7-3-4-8(12)6-9(13)5-7/h7-9,13H,2-6H2,1H3. The molecule has 2 atom stereocenters. The van der Waals surface area contributed by atoms with Gasteiger partial charge in [-0.25, -0.2) is 4.79 Å². The number of carbonyl (C=O) groups is 2. The molecule has 5 heteroatoms. The second kappa shape index (κ2) is 4.41. The first-order valence-corrected chi connectivity index (χ1v) is 5.81. The number of ether oxygens (including phenoxy) is 1. The molecule has 5 nitrogen and oxygen atoms in total. The van der Waals surface area contributed by atoms with Gasteiger partial charge in [0, 0.05) is 12.1 Å². The average molecular weight is 227 g/mol. The second-order valence-electron chi connectivity index (χ2n) is 4.44. The Bertz CT molecular complexity index is 290. The molecule has 2 saturated heterocycles. The Hall–Kier alpha value is -1.10. The molecule has 0 aromatic rings. The largest absolute Gasteiger partial charge is 0.459 e. The number of rotatable bonds is 1. The van der Waals surface area contributed by atoms with Crippen LogP contribution in [0.25, 0.3) is 0 Å². The van der Waals surface area contributed by atoms with E-state index in [0.29, 0.717) is 12.8 Å². The third-order valence-electron chi connectivity index (χ3n) is 3.39. The maximum Gasteiger partial charge on any atom is 0.397 e. The number of hydrogen-bond donors (Lipinski definition) is 1. The maximum atomic E-state index is 11.8. The second-order valence-corrected chi connectivity index (χ2v) is 4.44.